The summed E-state index contributed by atoms with van der Waals surface area (Å²) >= 11 is 0. The van der Waals surface area contributed by atoms with Crippen molar-refractivity contribution in [1.29, 1.82) is 0 Å². The van der Waals surface area contributed by atoms with Crippen LogP contribution in [0.4, 0.5) is 0 Å². The van der Waals surface area contributed by atoms with Crippen LogP contribution in [-0.4, -0.2) is 16.8 Å². The molecule has 0 unspecified atom stereocenters. The molecule has 2 N–H and O–H groups in total. The zero-order valence-electron chi connectivity index (χ0n) is 9.53. The first-order valence-electron chi connectivity index (χ1n) is 5.54. The number of hydrogen-bond acceptors (Lipinski definition) is 2. The minimum Gasteiger partial charge on any atom is -0.508 e. The fraction of sp³-hybridized carbons (Fsp3) is 0.538. The van der Waals surface area contributed by atoms with Crippen LogP contribution in [0.25, 0.3) is 0 Å². The van der Waals surface area contributed by atoms with Crippen molar-refractivity contribution in [3.63, 3.8) is 0 Å². The summed E-state index contributed by atoms with van der Waals surface area (Å²) in [7, 11) is 0. The molecule has 1 aromatic rings. The Labute approximate surface area is 91.6 Å². The smallest absolute Gasteiger partial charge is 0.115 e. The number of aliphatic hydroxyl groups is 1. The molecule has 0 fully saturated rings. The van der Waals surface area contributed by atoms with E-state index in [-0.39, 0.29) is 12.0 Å². The van der Waals surface area contributed by atoms with Crippen molar-refractivity contribution in [2.75, 3.05) is 6.61 Å². The normalized spacial score (nSPS) is 11.7. The zero-order chi connectivity index (χ0) is 11.3. The Morgan fingerprint density at radius 2 is 1.60 bits per heavy atom. The summed E-state index contributed by atoms with van der Waals surface area (Å²) in [5.41, 5.74) is 1.17. The predicted molar refractivity (Wildman–Crippen MR) is 61.9 cm³/mol. The second-order valence-corrected chi connectivity index (χ2v) is 4.21. The van der Waals surface area contributed by atoms with E-state index in [1.165, 1.54) is 5.56 Å². The Bertz CT molecular complexity index is 278. The fourth-order valence-corrected chi connectivity index (χ4v) is 1.83. The largest absolute Gasteiger partial charge is 0.508 e. The standard InChI is InChI=1S/C13H20O2/c1-3-13(4-2,10-14)9-11-5-7-12(15)8-6-11/h5-8,14-15H,3-4,9-10H2,1-2H3. The minimum absolute atomic E-state index is 0.00300. The highest BCUT2D eigenvalue weighted by Gasteiger charge is 2.25. The lowest BCUT2D eigenvalue weighted by Crippen LogP contribution is -2.26. The van der Waals surface area contributed by atoms with Crippen LogP contribution in [0, 0.1) is 5.41 Å². The first-order chi connectivity index (χ1) is 7.15. The van der Waals surface area contributed by atoms with Gasteiger partial charge in [-0.05, 0) is 42.4 Å². The van der Waals surface area contributed by atoms with Gasteiger partial charge >= 0.3 is 0 Å². The molecule has 0 aliphatic heterocycles. The number of hydrogen-bond donors (Lipinski definition) is 2. The van der Waals surface area contributed by atoms with Crippen molar-refractivity contribution in [3.05, 3.63) is 29.8 Å². The average molecular weight is 208 g/mol. The van der Waals surface area contributed by atoms with Gasteiger partial charge in [0.1, 0.15) is 5.75 Å². The van der Waals surface area contributed by atoms with Crippen LogP contribution >= 0.6 is 0 Å². The summed E-state index contributed by atoms with van der Waals surface area (Å²) in [4.78, 5) is 0. The van der Waals surface area contributed by atoms with Crippen LogP contribution in [0.1, 0.15) is 32.3 Å². The second kappa shape index (κ2) is 5.17. The van der Waals surface area contributed by atoms with E-state index in [1.54, 1.807) is 12.1 Å². The van der Waals surface area contributed by atoms with Crippen molar-refractivity contribution in [1.82, 2.24) is 0 Å². The number of phenolic OH excluding ortho intramolecular Hbond substituents is 1. The van der Waals surface area contributed by atoms with Gasteiger partial charge in [0.15, 0.2) is 0 Å². The van der Waals surface area contributed by atoms with E-state index in [4.69, 9.17) is 0 Å². The summed E-state index contributed by atoms with van der Waals surface area (Å²) in [6, 6.07) is 7.24. The molecule has 0 amide bonds. The van der Waals surface area contributed by atoms with Gasteiger partial charge in [-0.25, -0.2) is 0 Å². The maximum atomic E-state index is 9.44. The van der Waals surface area contributed by atoms with Crippen LogP contribution in [0.3, 0.4) is 0 Å². The molecular weight excluding hydrogens is 188 g/mol. The van der Waals surface area contributed by atoms with Gasteiger partial charge in [-0.15, -0.1) is 0 Å². The number of aliphatic hydroxyl groups excluding tert-OH is 1. The molecule has 2 nitrogen and oxygen atoms in total. The van der Waals surface area contributed by atoms with Crippen molar-refractivity contribution in [2.45, 2.75) is 33.1 Å². The lowest BCUT2D eigenvalue weighted by molar-refractivity contribution is 0.115. The lowest BCUT2D eigenvalue weighted by atomic mass is 9.78. The van der Waals surface area contributed by atoms with Gasteiger partial charge in [0.05, 0.1) is 0 Å². The highest BCUT2D eigenvalue weighted by molar-refractivity contribution is 5.26. The molecule has 0 bridgehead atoms. The molecule has 2 heteroatoms. The maximum Gasteiger partial charge on any atom is 0.115 e. The Morgan fingerprint density at radius 3 is 2.00 bits per heavy atom. The third-order valence-corrected chi connectivity index (χ3v) is 3.35. The van der Waals surface area contributed by atoms with Gasteiger partial charge in [0.2, 0.25) is 0 Å². The average Bonchev–Trinajstić information content (AvgIpc) is 2.29. The Kier molecular flexibility index (Phi) is 4.15. The number of phenols is 1. The third-order valence-electron chi connectivity index (χ3n) is 3.35. The van der Waals surface area contributed by atoms with E-state index >= 15 is 0 Å². The molecule has 1 rings (SSSR count). The zero-order valence-corrected chi connectivity index (χ0v) is 9.53. The monoisotopic (exact) mass is 208 g/mol. The Hall–Kier alpha value is -1.02. The van der Waals surface area contributed by atoms with E-state index in [0.29, 0.717) is 5.75 Å². The summed E-state index contributed by atoms with van der Waals surface area (Å²) in [6.45, 7) is 4.45. The van der Waals surface area contributed by atoms with Crippen LogP contribution in [0.5, 0.6) is 5.75 Å². The van der Waals surface area contributed by atoms with Gasteiger partial charge in [-0.1, -0.05) is 26.0 Å². The molecule has 0 aliphatic carbocycles. The van der Waals surface area contributed by atoms with Gasteiger partial charge in [0, 0.05) is 6.61 Å². The van der Waals surface area contributed by atoms with E-state index in [0.717, 1.165) is 19.3 Å². The predicted octanol–water partition coefficient (Wildman–Crippen LogP) is 2.73. The third kappa shape index (κ3) is 2.96. The first-order valence-corrected chi connectivity index (χ1v) is 5.54. The fourth-order valence-electron chi connectivity index (χ4n) is 1.83. The molecule has 0 heterocycles. The van der Waals surface area contributed by atoms with E-state index in [2.05, 4.69) is 13.8 Å². The van der Waals surface area contributed by atoms with Crippen LogP contribution < -0.4 is 0 Å². The molecule has 0 aromatic heterocycles. The molecule has 0 saturated carbocycles. The van der Waals surface area contributed by atoms with Crippen molar-refractivity contribution >= 4 is 0 Å². The number of aromatic hydroxyl groups is 1. The molecule has 0 radical (unpaired) electrons. The van der Waals surface area contributed by atoms with Crippen LogP contribution in [0.15, 0.2) is 24.3 Å². The number of rotatable bonds is 5. The minimum atomic E-state index is -0.00300. The molecule has 0 saturated heterocycles. The summed E-state index contributed by atoms with van der Waals surface area (Å²) in [5, 5.41) is 18.6. The van der Waals surface area contributed by atoms with Crippen molar-refractivity contribution in [3.8, 4) is 5.75 Å². The Balaban J connectivity index is 2.78. The molecular formula is C13H20O2. The summed E-state index contributed by atoms with van der Waals surface area (Å²) in [6.07, 6.45) is 2.82. The summed E-state index contributed by atoms with van der Waals surface area (Å²) < 4.78 is 0. The van der Waals surface area contributed by atoms with E-state index in [1.807, 2.05) is 12.1 Å². The van der Waals surface area contributed by atoms with E-state index < -0.39 is 0 Å². The topological polar surface area (TPSA) is 40.5 Å². The summed E-state index contributed by atoms with van der Waals surface area (Å²) in [5.74, 6) is 0.293. The first kappa shape index (κ1) is 12.1. The molecule has 15 heavy (non-hydrogen) atoms. The molecule has 0 atom stereocenters. The molecule has 1 aromatic carbocycles. The Morgan fingerprint density at radius 1 is 1.07 bits per heavy atom. The van der Waals surface area contributed by atoms with Gasteiger partial charge < -0.3 is 10.2 Å². The number of benzene rings is 1. The van der Waals surface area contributed by atoms with Crippen LogP contribution in [0.2, 0.25) is 0 Å². The quantitative estimate of drug-likeness (QED) is 0.781. The van der Waals surface area contributed by atoms with Crippen LogP contribution in [-0.2, 0) is 6.42 Å². The molecule has 0 spiro atoms. The highest BCUT2D eigenvalue weighted by Crippen LogP contribution is 2.30. The second-order valence-electron chi connectivity index (χ2n) is 4.21. The van der Waals surface area contributed by atoms with Crippen molar-refractivity contribution in [2.24, 2.45) is 5.41 Å². The van der Waals surface area contributed by atoms with Gasteiger partial charge in [-0.3, -0.25) is 0 Å². The van der Waals surface area contributed by atoms with Gasteiger partial charge in [-0.2, -0.15) is 0 Å². The van der Waals surface area contributed by atoms with Crippen molar-refractivity contribution < 1.29 is 10.2 Å². The van der Waals surface area contributed by atoms with Gasteiger partial charge in [0.25, 0.3) is 0 Å². The lowest BCUT2D eigenvalue weighted by Gasteiger charge is -2.29. The van der Waals surface area contributed by atoms with E-state index in [9.17, 15) is 10.2 Å². The highest BCUT2D eigenvalue weighted by atomic mass is 16.3. The molecule has 84 valence electrons. The maximum absolute atomic E-state index is 9.44. The molecule has 0 aliphatic rings. The SMILES string of the molecule is CCC(CC)(CO)Cc1ccc(O)cc1.